The van der Waals surface area contributed by atoms with Gasteiger partial charge in [-0.1, -0.05) is 41.4 Å². The lowest BCUT2D eigenvalue weighted by Crippen LogP contribution is -2.74. The maximum absolute atomic E-state index is 12.5. The largest absolute Gasteiger partial charge is 0.390 e. The average Bonchev–Trinajstić information content (AvgIpc) is 2.84. The van der Waals surface area contributed by atoms with Crippen molar-refractivity contribution in [2.24, 2.45) is 22.7 Å². The fraction of sp³-hybridized carbons (Fsp3) is 0.714. The highest BCUT2D eigenvalue weighted by Gasteiger charge is 2.78. The molecule has 0 aliphatic heterocycles. The lowest BCUT2D eigenvalue weighted by atomic mass is 9.45. The molecule has 0 aromatic carbocycles. The van der Waals surface area contributed by atoms with Crippen molar-refractivity contribution >= 4 is 27.5 Å². The Balaban J connectivity index is 1.89. The van der Waals surface area contributed by atoms with Gasteiger partial charge in [0.15, 0.2) is 23.0 Å². The standard InChI is InChI=1S/C21H27BrO7/c1-17-6-5-12(24)7-11(17)3-4-13-14-8-15(25)20(29,16(26)9-23)18(14,2)10-19(27,28)21(13,17)22/h5-7,13-15,23,25,27-29H,3-4,8-10H2,1-2H3/t13-,14-,15?,17-,18-,20-,21+/m0/s1. The van der Waals surface area contributed by atoms with Gasteiger partial charge in [-0.05, 0) is 43.3 Å². The average molecular weight is 471 g/mol. The molecule has 1 unspecified atom stereocenters. The molecule has 0 amide bonds. The number of Topliss-reactive ketones (excluding diaryl/α,β-unsaturated/α-hetero) is 1. The number of allylic oxidation sites excluding steroid dienone is 4. The van der Waals surface area contributed by atoms with Gasteiger partial charge in [-0.2, -0.15) is 0 Å². The van der Waals surface area contributed by atoms with Crippen LogP contribution in [0.15, 0.2) is 23.8 Å². The van der Waals surface area contributed by atoms with Crippen LogP contribution in [0.1, 0.15) is 39.5 Å². The van der Waals surface area contributed by atoms with Gasteiger partial charge in [0.2, 0.25) is 0 Å². The molecule has 0 bridgehead atoms. The molecule has 3 saturated carbocycles. The molecule has 4 aliphatic carbocycles. The smallest absolute Gasteiger partial charge is 0.192 e. The molecule has 3 fully saturated rings. The van der Waals surface area contributed by atoms with Crippen molar-refractivity contribution < 1.29 is 35.1 Å². The topological polar surface area (TPSA) is 135 Å². The van der Waals surface area contributed by atoms with Crippen LogP contribution in [-0.4, -0.2) is 65.5 Å². The third kappa shape index (κ3) is 2.25. The number of aliphatic hydroxyl groups is 5. The summed E-state index contributed by atoms with van der Waals surface area (Å²) in [5.41, 5.74) is -3.69. The number of carbonyl (C=O) groups is 2. The van der Waals surface area contributed by atoms with Crippen LogP contribution in [0.2, 0.25) is 0 Å². The zero-order valence-corrected chi connectivity index (χ0v) is 18.0. The summed E-state index contributed by atoms with van der Waals surface area (Å²) in [6.07, 6.45) is 4.01. The van der Waals surface area contributed by atoms with Crippen LogP contribution >= 0.6 is 15.9 Å². The first-order valence-corrected chi connectivity index (χ1v) is 10.7. The van der Waals surface area contributed by atoms with Gasteiger partial charge >= 0.3 is 0 Å². The number of alkyl halides is 1. The van der Waals surface area contributed by atoms with Gasteiger partial charge in [0.05, 0.1) is 10.4 Å². The van der Waals surface area contributed by atoms with E-state index in [2.05, 4.69) is 15.9 Å². The van der Waals surface area contributed by atoms with Crippen LogP contribution < -0.4 is 0 Å². The van der Waals surface area contributed by atoms with Gasteiger partial charge in [-0.25, -0.2) is 0 Å². The minimum atomic E-state index is -2.37. The normalized spacial score (nSPS) is 50.4. The summed E-state index contributed by atoms with van der Waals surface area (Å²) in [7, 11) is 0. The highest BCUT2D eigenvalue weighted by atomic mass is 79.9. The zero-order chi connectivity index (χ0) is 21.6. The fourth-order valence-electron chi connectivity index (χ4n) is 6.97. The summed E-state index contributed by atoms with van der Waals surface area (Å²) in [6, 6.07) is 0. The van der Waals surface area contributed by atoms with E-state index in [9.17, 15) is 35.1 Å². The second-order valence-corrected chi connectivity index (χ2v) is 10.8. The van der Waals surface area contributed by atoms with Crippen molar-refractivity contribution in [3.8, 4) is 0 Å². The Bertz CT molecular complexity index is 850. The molecule has 5 N–H and O–H groups in total. The minimum Gasteiger partial charge on any atom is -0.390 e. The van der Waals surface area contributed by atoms with Gasteiger partial charge in [0.1, 0.15) is 6.61 Å². The highest BCUT2D eigenvalue weighted by molar-refractivity contribution is 9.10. The molecule has 0 radical (unpaired) electrons. The van der Waals surface area contributed by atoms with Crippen LogP contribution in [0, 0.1) is 22.7 Å². The molecule has 0 saturated heterocycles. The van der Waals surface area contributed by atoms with Gasteiger partial charge in [0, 0.05) is 17.3 Å². The Morgan fingerprint density at radius 1 is 1.24 bits per heavy atom. The number of fused-ring (bicyclic) bond motifs is 5. The fourth-order valence-corrected chi connectivity index (χ4v) is 8.05. The molecule has 0 spiro atoms. The third-order valence-corrected chi connectivity index (χ3v) is 10.5. The molecule has 7 nitrogen and oxygen atoms in total. The van der Waals surface area contributed by atoms with E-state index in [4.69, 9.17) is 0 Å². The minimum absolute atomic E-state index is 0.102. The maximum atomic E-state index is 12.5. The van der Waals surface area contributed by atoms with Gasteiger partial charge in [-0.15, -0.1) is 0 Å². The SMILES string of the molecule is C[C@]12C=CC(=O)C=C1CC[C@H]1[C@@H]3CC(O)[C@](O)(C(=O)CO)[C@@]3(C)CC(O)(O)[C@@]12Br. The van der Waals surface area contributed by atoms with E-state index in [0.29, 0.717) is 12.8 Å². The number of carbonyl (C=O) groups excluding carboxylic acids is 2. The zero-order valence-electron chi connectivity index (χ0n) is 16.4. The van der Waals surface area contributed by atoms with Crippen molar-refractivity contribution in [1.82, 2.24) is 0 Å². The van der Waals surface area contributed by atoms with Crippen LogP contribution in [0.5, 0.6) is 0 Å². The van der Waals surface area contributed by atoms with Gasteiger partial charge in [0.25, 0.3) is 0 Å². The van der Waals surface area contributed by atoms with E-state index >= 15 is 0 Å². The Morgan fingerprint density at radius 3 is 2.52 bits per heavy atom. The second kappa shape index (κ2) is 6.08. The molecule has 0 aromatic rings. The van der Waals surface area contributed by atoms with Crippen molar-refractivity contribution in [3.63, 3.8) is 0 Å². The first-order chi connectivity index (χ1) is 13.3. The highest BCUT2D eigenvalue weighted by Crippen LogP contribution is 2.73. The lowest BCUT2D eigenvalue weighted by molar-refractivity contribution is -0.283. The number of hydrogen-bond donors (Lipinski definition) is 5. The number of hydrogen-bond acceptors (Lipinski definition) is 7. The number of aliphatic hydroxyl groups excluding tert-OH is 2. The van der Waals surface area contributed by atoms with Crippen molar-refractivity contribution in [1.29, 1.82) is 0 Å². The number of halogens is 1. The predicted octanol–water partition coefficient (Wildman–Crippen LogP) is 0.366. The first-order valence-electron chi connectivity index (χ1n) is 9.92. The van der Waals surface area contributed by atoms with E-state index in [-0.39, 0.29) is 18.6 Å². The number of ketones is 2. The van der Waals surface area contributed by atoms with Crippen molar-refractivity contribution in [3.05, 3.63) is 23.8 Å². The molecule has 29 heavy (non-hydrogen) atoms. The van der Waals surface area contributed by atoms with E-state index < -0.39 is 56.9 Å². The summed E-state index contributed by atoms with van der Waals surface area (Å²) in [5, 5.41) is 54.1. The Kier molecular flexibility index (Phi) is 4.47. The van der Waals surface area contributed by atoms with Crippen LogP contribution in [0.25, 0.3) is 0 Å². The maximum Gasteiger partial charge on any atom is 0.192 e. The summed E-state index contributed by atoms with van der Waals surface area (Å²) < 4.78 is -1.29. The molecular formula is C21H27BrO7. The quantitative estimate of drug-likeness (QED) is 0.290. The lowest BCUT2D eigenvalue weighted by Gasteiger charge is -2.66. The van der Waals surface area contributed by atoms with Crippen molar-refractivity contribution in [2.75, 3.05) is 6.61 Å². The second-order valence-electron chi connectivity index (χ2n) is 9.58. The molecule has 4 aliphatic rings. The monoisotopic (exact) mass is 470 g/mol. The molecule has 8 heteroatoms. The van der Waals surface area contributed by atoms with Gasteiger partial charge in [-0.3, -0.25) is 9.59 Å². The molecule has 0 heterocycles. The summed E-state index contributed by atoms with van der Waals surface area (Å²) >= 11 is 3.68. The molecular weight excluding hydrogens is 444 g/mol. The van der Waals surface area contributed by atoms with Crippen LogP contribution in [-0.2, 0) is 9.59 Å². The number of rotatable bonds is 2. The third-order valence-electron chi connectivity index (χ3n) is 8.46. The summed E-state index contributed by atoms with van der Waals surface area (Å²) in [4.78, 5) is 24.4. The summed E-state index contributed by atoms with van der Waals surface area (Å²) in [5.74, 6) is -4.25. The molecule has 4 rings (SSSR count). The Labute approximate surface area is 177 Å². The Hall–Kier alpha value is -0.900. The molecule has 0 aromatic heterocycles. The summed E-state index contributed by atoms with van der Waals surface area (Å²) in [6.45, 7) is 2.49. The molecule has 160 valence electrons. The van der Waals surface area contributed by atoms with Crippen molar-refractivity contribution in [2.45, 2.75) is 61.3 Å². The van der Waals surface area contributed by atoms with Gasteiger partial charge < -0.3 is 25.5 Å². The van der Waals surface area contributed by atoms with Crippen LogP contribution in [0.4, 0.5) is 0 Å². The van der Waals surface area contributed by atoms with E-state index in [0.717, 1.165) is 5.57 Å². The van der Waals surface area contributed by atoms with E-state index in [1.165, 1.54) is 12.2 Å². The molecule has 7 atom stereocenters. The van der Waals surface area contributed by atoms with E-state index in [1.54, 1.807) is 13.0 Å². The Morgan fingerprint density at radius 2 is 1.90 bits per heavy atom. The van der Waals surface area contributed by atoms with E-state index in [1.807, 2.05) is 6.92 Å². The predicted molar refractivity (Wildman–Crippen MR) is 106 cm³/mol. The first kappa shape index (κ1) is 21.3. The van der Waals surface area contributed by atoms with Crippen LogP contribution in [0.3, 0.4) is 0 Å².